The molecule has 5 nitrogen and oxygen atoms in total. The maximum atomic E-state index is 12.8. The SMILES string of the molecule is CCCC(=O)N1CCN(C(=O)c2cc(CC)ccc2OC)CC1. The van der Waals surface area contributed by atoms with Gasteiger partial charge in [0.25, 0.3) is 5.91 Å². The van der Waals surface area contributed by atoms with Crippen LogP contribution in [0.4, 0.5) is 0 Å². The average Bonchev–Trinajstić information content (AvgIpc) is 2.60. The van der Waals surface area contributed by atoms with E-state index in [1.807, 2.05) is 34.9 Å². The molecule has 0 saturated carbocycles. The number of nitrogens with zero attached hydrogens (tertiary/aromatic N) is 2. The number of carbonyl (C=O) groups is 2. The molecule has 0 radical (unpaired) electrons. The number of piperazine rings is 1. The van der Waals surface area contributed by atoms with Gasteiger partial charge in [0.2, 0.25) is 5.91 Å². The molecule has 1 aromatic carbocycles. The Morgan fingerprint density at radius 1 is 1.09 bits per heavy atom. The first kappa shape index (κ1) is 17.3. The number of hydrogen-bond donors (Lipinski definition) is 0. The van der Waals surface area contributed by atoms with E-state index in [1.165, 1.54) is 0 Å². The number of carbonyl (C=O) groups excluding carboxylic acids is 2. The highest BCUT2D eigenvalue weighted by atomic mass is 16.5. The van der Waals surface area contributed by atoms with Crippen molar-refractivity contribution in [2.24, 2.45) is 0 Å². The molecule has 0 aliphatic carbocycles. The molecule has 1 heterocycles. The number of ether oxygens (including phenoxy) is 1. The third-order valence-electron chi connectivity index (χ3n) is 4.29. The fourth-order valence-electron chi connectivity index (χ4n) is 2.84. The first-order valence-electron chi connectivity index (χ1n) is 8.34. The second-order valence-electron chi connectivity index (χ2n) is 5.81. The zero-order chi connectivity index (χ0) is 16.8. The van der Waals surface area contributed by atoms with Crippen LogP contribution in [0.3, 0.4) is 0 Å². The zero-order valence-corrected chi connectivity index (χ0v) is 14.3. The van der Waals surface area contributed by atoms with Crippen LogP contribution in [0.15, 0.2) is 18.2 Å². The lowest BCUT2D eigenvalue weighted by Gasteiger charge is -2.35. The highest BCUT2D eigenvalue weighted by molar-refractivity contribution is 5.97. The maximum Gasteiger partial charge on any atom is 0.257 e. The van der Waals surface area contributed by atoms with Crippen molar-refractivity contribution in [3.8, 4) is 5.75 Å². The zero-order valence-electron chi connectivity index (χ0n) is 14.3. The van der Waals surface area contributed by atoms with Crippen molar-refractivity contribution >= 4 is 11.8 Å². The molecule has 2 amide bonds. The first-order valence-corrected chi connectivity index (χ1v) is 8.34. The van der Waals surface area contributed by atoms with Gasteiger partial charge >= 0.3 is 0 Å². The van der Waals surface area contributed by atoms with Crippen LogP contribution in [0.5, 0.6) is 5.75 Å². The predicted molar refractivity (Wildman–Crippen MR) is 89.8 cm³/mol. The van der Waals surface area contributed by atoms with Gasteiger partial charge < -0.3 is 14.5 Å². The summed E-state index contributed by atoms with van der Waals surface area (Å²) in [4.78, 5) is 28.4. The quantitative estimate of drug-likeness (QED) is 0.837. The second kappa shape index (κ2) is 7.99. The lowest BCUT2D eigenvalue weighted by atomic mass is 10.1. The summed E-state index contributed by atoms with van der Waals surface area (Å²) in [5.74, 6) is 0.779. The summed E-state index contributed by atoms with van der Waals surface area (Å²) >= 11 is 0. The van der Waals surface area contributed by atoms with E-state index in [0.29, 0.717) is 43.9 Å². The Hall–Kier alpha value is -2.04. The van der Waals surface area contributed by atoms with Crippen molar-refractivity contribution in [1.82, 2.24) is 9.80 Å². The van der Waals surface area contributed by atoms with E-state index in [2.05, 4.69) is 6.92 Å². The van der Waals surface area contributed by atoms with Crippen LogP contribution in [0.25, 0.3) is 0 Å². The lowest BCUT2D eigenvalue weighted by molar-refractivity contribution is -0.132. The molecule has 1 aliphatic rings. The van der Waals surface area contributed by atoms with Crippen molar-refractivity contribution < 1.29 is 14.3 Å². The lowest BCUT2D eigenvalue weighted by Crippen LogP contribution is -2.50. The molecule has 5 heteroatoms. The molecule has 23 heavy (non-hydrogen) atoms. The van der Waals surface area contributed by atoms with Gasteiger partial charge in [-0.15, -0.1) is 0 Å². The Kier molecular flexibility index (Phi) is 6.02. The number of hydrogen-bond acceptors (Lipinski definition) is 3. The molecule has 0 atom stereocenters. The summed E-state index contributed by atoms with van der Waals surface area (Å²) in [6.45, 7) is 6.45. The predicted octanol–water partition coefficient (Wildman–Crippen LogP) is 2.34. The average molecular weight is 318 g/mol. The number of amides is 2. The molecule has 2 rings (SSSR count). The van der Waals surface area contributed by atoms with Gasteiger partial charge in [-0.3, -0.25) is 9.59 Å². The smallest absolute Gasteiger partial charge is 0.257 e. The molecular weight excluding hydrogens is 292 g/mol. The fourth-order valence-corrected chi connectivity index (χ4v) is 2.84. The topological polar surface area (TPSA) is 49.9 Å². The molecule has 0 aromatic heterocycles. The minimum absolute atomic E-state index is 0.0141. The molecule has 126 valence electrons. The summed E-state index contributed by atoms with van der Waals surface area (Å²) < 4.78 is 5.34. The van der Waals surface area contributed by atoms with Crippen molar-refractivity contribution in [3.63, 3.8) is 0 Å². The van der Waals surface area contributed by atoms with Crippen molar-refractivity contribution in [2.75, 3.05) is 33.3 Å². The molecule has 0 bridgehead atoms. The first-order chi connectivity index (χ1) is 11.1. The van der Waals surface area contributed by atoms with Crippen LogP contribution >= 0.6 is 0 Å². The molecule has 1 saturated heterocycles. The van der Waals surface area contributed by atoms with Gasteiger partial charge in [-0.25, -0.2) is 0 Å². The van der Waals surface area contributed by atoms with E-state index in [4.69, 9.17) is 4.74 Å². The van der Waals surface area contributed by atoms with E-state index < -0.39 is 0 Å². The Labute approximate surface area is 138 Å². The molecule has 1 aliphatic heterocycles. The second-order valence-corrected chi connectivity index (χ2v) is 5.81. The molecule has 1 aromatic rings. The van der Waals surface area contributed by atoms with Gasteiger partial charge in [0, 0.05) is 32.6 Å². The molecule has 0 spiro atoms. The summed E-state index contributed by atoms with van der Waals surface area (Å²) in [5, 5.41) is 0. The van der Waals surface area contributed by atoms with Crippen LogP contribution in [0.2, 0.25) is 0 Å². The van der Waals surface area contributed by atoms with Crippen LogP contribution in [-0.2, 0) is 11.2 Å². The highest BCUT2D eigenvalue weighted by Crippen LogP contribution is 2.22. The number of rotatable bonds is 5. The summed E-state index contributed by atoms with van der Waals surface area (Å²) in [7, 11) is 1.58. The molecule has 1 fully saturated rings. The largest absolute Gasteiger partial charge is 0.496 e. The molecule has 0 N–H and O–H groups in total. The number of aryl methyl sites for hydroxylation is 1. The van der Waals surface area contributed by atoms with E-state index in [-0.39, 0.29) is 11.8 Å². The van der Waals surface area contributed by atoms with Gasteiger partial charge in [0.15, 0.2) is 0 Å². The van der Waals surface area contributed by atoms with Gasteiger partial charge in [-0.1, -0.05) is 19.9 Å². The molecule has 0 unspecified atom stereocenters. The van der Waals surface area contributed by atoms with Gasteiger partial charge in [-0.2, -0.15) is 0 Å². The van der Waals surface area contributed by atoms with Crippen molar-refractivity contribution in [1.29, 1.82) is 0 Å². The van der Waals surface area contributed by atoms with Crippen molar-refractivity contribution in [3.05, 3.63) is 29.3 Å². The summed E-state index contributed by atoms with van der Waals surface area (Å²) in [6.07, 6.45) is 2.32. The van der Waals surface area contributed by atoms with Crippen molar-refractivity contribution in [2.45, 2.75) is 33.1 Å². The minimum Gasteiger partial charge on any atom is -0.496 e. The Morgan fingerprint density at radius 2 is 1.74 bits per heavy atom. The highest BCUT2D eigenvalue weighted by Gasteiger charge is 2.26. The van der Waals surface area contributed by atoms with E-state index >= 15 is 0 Å². The van der Waals surface area contributed by atoms with Crippen LogP contribution in [0.1, 0.15) is 42.6 Å². The normalized spacial score (nSPS) is 14.7. The number of benzene rings is 1. The van der Waals surface area contributed by atoms with E-state index in [0.717, 1.165) is 18.4 Å². The third-order valence-corrected chi connectivity index (χ3v) is 4.29. The Balaban J connectivity index is 2.06. The van der Waals surface area contributed by atoms with Gasteiger partial charge in [0.05, 0.1) is 12.7 Å². The van der Waals surface area contributed by atoms with E-state index in [1.54, 1.807) is 7.11 Å². The van der Waals surface area contributed by atoms with Crippen LogP contribution in [-0.4, -0.2) is 54.9 Å². The number of methoxy groups -OCH3 is 1. The molecular formula is C18H26N2O3. The third kappa shape index (κ3) is 4.03. The summed E-state index contributed by atoms with van der Waals surface area (Å²) in [6, 6.07) is 5.75. The monoisotopic (exact) mass is 318 g/mol. The Bertz CT molecular complexity index is 563. The van der Waals surface area contributed by atoms with E-state index in [9.17, 15) is 9.59 Å². The van der Waals surface area contributed by atoms with Crippen LogP contribution < -0.4 is 4.74 Å². The van der Waals surface area contributed by atoms with Crippen LogP contribution in [0, 0.1) is 0 Å². The van der Waals surface area contributed by atoms with Gasteiger partial charge in [0.1, 0.15) is 5.75 Å². The fraction of sp³-hybridized carbons (Fsp3) is 0.556. The minimum atomic E-state index is -0.0141. The summed E-state index contributed by atoms with van der Waals surface area (Å²) in [5.41, 5.74) is 1.73. The van der Waals surface area contributed by atoms with Gasteiger partial charge in [-0.05, 0) is 30.5 Å². The Morgan fingerprint density at radius 3 is 2.30 bits per heavy atom. The standard InChI is InChI=1S/C18H26N2O3/c1-4-6-17(21)19-9-11-20(12-10-19)18(22)15-13-14(5-2)7-8-16(15)23-3/h7-8,13H,4-6,9-12H2,1-3H3. The maximum absolute atomic E-state index is 12.8.